The van der Waals surface area contributed by atoms with Crippen LogP contribution in [0.4, 0.5) is 0 Å². The fourth-order valence-corrected chi connectivity index (χ4v) is 7.24. The van der Waals surface area contributed by atoms with E-state index in [0.717, 1.165) is 22.8 Å². The third-order valence-corrected chi connectivity index (χ3v) is 10.6. The van der Waals surface area contributed by atoms with Crippen molar-refractivity contribution in [3.8, 4) is 0 Å². The smallest absolute Gasteiger partial charge is 0.550 e. The number of hydrogen-bond donors (Lipinski definition) is 2. The van der Waals surface area contributed by atoms with Gasteiger partial charge in [0.15, 0.2) is 0 Å². The summed E-state index contributed by atoms with van der Waals surface area (Å²) in [6.45, 7) is 7.49. The van der Waals surface area contributed by atoms with Gasteiger partial charge in [0, 0.05) is 149 Å². The van der Waals surface area contributed by atoms with Crippen LogP contribution in [0, 0.1) is 39.9 Å². The van der Waals surface area contributed by atoms with E-state index in [2.05, 4.69) is 40.4 Å². The van der Waals surface area contributed by atoms with Crippen LogP contribution >= 0.6 is 0 Å². The van der Waals surface area contributed by atoms with Crippen molar-refractivity contribution in [3.05, 3.63) is 120 Å². The molecule has 64 heavy (non-hydrogen) atoms. The first kappa shape index (κ1) is 52.2. The number of rotatable bonds is 23. The van der Waals surface area contributed by atoms with Gasteiger partial charge in [0.25, 0.3) is 0 Å². The molecule has 0 aromatic carbocycles. The second-order valence-corrected chi connectivity index (χ2v) is 15.6. The molecular weight excluding hydrogens is 962 g/mol. The third kappa shape index (κ3) is 21.5. The van der Waals surface area contributed by atoms with Crippen molar-refractivity contribution in [2.75, 3.05) is 105 Å². The zero-order chi connectivity index (χ0) is 44.5. The Morgan fingerprint density at radius 3 is 1.11 bits per heavy atom. The molecule has 4 aromatic heterocycles. The van der Waals surface area contributed by atoms with Gasteiger partial charge in [-0.15, -0.1) is 0 Å². The standard InChI is InChI=1S/C45H62N12O6.Gd/c58-42(50-18-21-56(31-38-9-1-5-14-46-38)32-39-10-2-6-15-47-39)35-53-25-23-52(20-13-44(60)61)24-26-54(28-30-55(29-27-53)37-45(62)63)36-43(59)51-19-22-57(33-40-11-3-7-16-48-40)34-41-12-4-8-17-49-41;/h1-12,14-17H,13,18-37H2,(H,50,58)(H,51,59)(H,60,61)(H,62,63);/q;+3/p-2. The van der Waals surface area contributed by atoms with Gasteiger partial charge >= 0.3 is 39.9 Å². The molecule has 5 heterocycles. The fraction of sp³-hybridized carbons (Fsp3) is 0.467. The summed E-state index contributed by atoms with van der Waals surface area (Å²) in [5.74, 6) is -2.74. The van der Waals surface area contributed by atoms with Gasteiger partial charge in [-0.1, -0.05) is 24.3 Å². The molecule has 1 saturated heterocycles. The predicted octanol–water partition coefficient (Wildman–Crippen LogP) is -1.68. The number of carboxylic acids is 2. The molecule has 2 amide bonds. The Balaban J connectivity index is 0.00000898. The maximum Gasteiger partial charge on any atom is 3.00 e. The fourth-order valence-electron chi connectivity index (χ4n) is 7.24. The monoisotopic (exact) mass is 1020 g/mol. The molecule has 0 spiro atoms. The summed E-state index contributed by atoms with van der Waals surface area (Å²) in [6, 6.07) is 23.1. The van der Waals surface area contributed by atoms with E-state index in [1.165, 1.54) is 0 Å². The van der Waals surface area contributed by atoms with Gasteiger partial charge in [0.2, 0.25) is 11.8 Å². The van der Waals surface area contributed by atoms with E-state index in [0.29, 0.717) is 105 Å². The molecule has 343 valence electrons. The number of aromatic nitrogens is 4. The van der Waals surface area contributed by atoms with Crippen molar-refractivity contribution in [3.63, 3.8) is 0 Å². The summed E-state index contributed by atoms with van der Waals surface area (Å²) in [5.41, 5.74) is 3.62. The number of pyridine rings is 4. The van der Waals surface area contributed by atoms with Crippen LogP contribution in [0.3, 0.4) is 0 Å². The van der Waals surface area contributed by atoms with Crippen LogP contribution in [0.1, 0.15) is 29.2 Å². The van der Waals surface area contributed by atoms with Crippen molar-refractivity contribution in [2.24, 2.45) is 0 Å². The predicted molar refractivity (Wildman–Crippen MR) is 232 cm³/mol. The minimum Gasteiger partial charge on any atom is -0.550 e. The van der Waals surface area contributed by atoms with Crippen LogP contribution in [0.5, 0.6) is 0 Å². The Hall–Kier alpha value is -4.44. The van der Waals surface area contributed by atoms with Crippen molar-refractivity contribution in [1.29, 1.82) is 0 Å². The van der Waals surface area contributed by atoms with Crippen LogP contribution in [0.25, 0.3) is 0 Å². The first-order valence-corrected chi connectivity index (χ1v) is 21.5. The Labute approximate surface area is 408 Å². The second kappa shape index (κ2) is 29.9. The van der Waals surface area contributed by atoms with Crippen LogP contribution in [-0.2, 0) is 45.4 Å². The number of carbonyl (C=O) groups is 4. The quantitative estimate of drug-likeness (QED) is 0.0851. The van der Waals surface area contributed by atoms with E-state index in [1.807, 2.05) is 87.5 Å². The molecule has 0 unspecified atom stereocenters. The maximum absolute atomic E-state index is 13.4. The Morgan fingerprint density at radius 1 is 0.484 bits per heavy atom. The maximum atomic E-state index is 13.4. The summed E-state index contributed by atoms with van der Waals surface area (Å²) >= 11 is 0. The SMILES string of the molecule is O=C([O-])CCN1CCN(CC(=O)NCCN(Cc2ccccn2)Cc2ccccn2)CCN(CC(=O)[O-])CCN(CC(=O)NCCN(Cc2ccccn2)Cc2ccccn2)CC1.[Gd+3]. The third-order valence-electron chi connectivity index (χ3n) is 10.6. The van der Waals surface area contributed by atoms with Gasteiger partial charge < -0.3 is 35.3 Å². The number of nitrogens with zero attached hydrogens (tertiary/aromatic N) is 10. The number of carbonyl (C=O) groups excluding carboxylic acids is 4. The van der Waals surface area contributed by atoms with Gasteiger partial charge in [-0.25, -0.2) is 0 Å². The van der Waals surface area contributed by atoms with Gasteiger partial charge in [0.1, 0.15) is 0 Å². The average molecular weight is 1020 g/mol. The summed E-state index contributed by atoms with van der Waals surface area (Å²) < 4.78 is 0. The number of nitrogens with one attached hydrogen (secondary N) is 2. The molecule has 1 fully saturated rings. The number of carboxylic acid groups (broad SMARTS) is 2. The summed E-state index contributed by atoms with van der Waals surface area (Å²) in [4.78, 5) is 80.1. The molecule has 0 saturated carbocycles. The van der Waals surface area contributed by atoms with Gasteiger partial charge in [-0.2, -0.15) is 0 Å². The molecule has 0 aliphatic carbocycles. The minimum absolute atomic E-state index is 0. The zero-order valence-electron chi connectivity index (χ0n) is 36.4. The van der Waals surface area contributed by atoms with E-state index < -0.39 is 11.9 Å². The molecule has 1 radical (unpaired) electrons. The average Bonchev–Trinajstić information content (AvgIpc) is 3.27. The number of amides is 2. The van der Waals surface area contributed by atoms with Gasteiger partial charge in [-0.3, -0.25) is 54.0 Å². The van der Waals surface area contributed by atoms with Crippen LogP contribution in [0.15, 0.2) is 97.6 Å². The van der Waals surface area contributed by atoms with Crippen molar-refractivity contribution >= 4 is 23.8 Å². The van der Waals surface area contributed by atoms with E-state index in [9.17, 15) is 29.4 Å². The molecule has 0 atom stereocenters. The summed E-state index contributed by atoms with van der Waals surface area (Å²) in [5, 5.41) is 29.5. The molecule has 4 aromatic rings. The first-order chi connectivity index (χ1) is 30.7. The van der Waals surface area contributed by atoms with E-state index in [4.69, 9.17) is 0 Å². The molecule has 19 heteroatoms. The van der Waals surface area contributed by atoms with Crippen LogP contribution < -0.4 is 20.8 Å². The number of aliphatic carboxylic acids is 2. The van der Waals surface area contributed by atoms with Crippen LogP contribution in [0.2, 0.25) is 0 Å². The minimum atomic E-state index is -1.22. The Morgan fingerprint density at radius 2 is 0.812 bits per heavy atom. The normalized spacial score (nSPS) is 14.8. The zero-order valence-corrected chi connectivity index (χ0v) is 38.6. The van der Waals surface area contributed by atoms with Gasteiger partial charge in [-0.05, 0) is 55.0 Å². The Kier molecular flexibility index (Phi) is 24.4. The largest absolute Gasteiger partial charge is 3.00 e. The van der Waals surface area contributed by atoms with Crippen molar-refractivity contribution in [2.45, 2.75) is 32.6 Å². The molecule has 5 rings (SSSR count). The Bertz CT molecular complexity index is 1740. The van der Waals surface area contributed by atoms with Crippen LogP contribution in [-0.4, -0.2) is 178 Å². The molecule has 1 aliphatic heterocycles. The molecule has 1 aliphatic rings. The summed E-state index contributed by atoms with van der Waals surface area (Å²) in [7, 11) is 0. The van der Waals surface area contributed by atoms with E-state index in [1.54, 1.807) is 29.7 Å². The van der Waals surface area contributed by atoms with Crippen molar-refractivity contribution in [1.82, 2.24) is 60.0 Å². The van der Waals surface area contributed by atoms with Crippen molar-refractivity contribution < 1.29 is 69.3 Å². The summed E-state index contributed by atoms with van der Waals surface area (Å²) in [6.07, 6.45) is 6.85. The number of hydrogen-bond acceptors (Lipinski definition) is 16. The molecule has 2 N–H and O–H groups in total. The van der Waals surface area contributed by atoms with E-state index >= 15 is 0 Å². The molecule has 0 bridgehead atoms. The first-order valence-electron chi connectivity index (χ1n) is 21.5. The van der Waals surface area contributed by atoms with Gasteiger partial charge in [0.05, 0.1) is 41.8 Å². The topological polar surface area (TPSA) is 209 Å². The second-order valence-electron chi connectivity index (χ2n) is 15.6. The molecule has 18 nitrogen and oxygen atoms in total. The molecular formula is C45H60GdN12O6+. The van der Waals surface area contributed by atoms with E-state index in [-0.39, 0.29) is 84.4 Å².